The van der Waals surface area contributed by atoms with Crippen LogP contribution in [0.2, 0.25) is 5.02 Å². The van der Waals surface area contributed by atoms with Crippen LogP contribution in [0, 0.1) is 5.82 Å². The fourth-order valence-corrected chi connectivity index (χ4v) is 4.11. The van der Waals surface area contributed by atoms with Crippen LogP contribution in [0.15, 0.2) is 18.2 Å². The van der Waals surface area contributed by atoms with Crippen LogP contribution < -0.4 is 5.32 Å². The van der Waals surface area contributed by atoms with E-state index in [0.717, 1.165) is 0 Å². The van der Waals surface area contributed by atoms with E-state index in [2.05, 4.69) is 5.32 Å². The SMILES string of the molecule is CNC(Cc1cc(Cl)ccc1F)C1CCCCS1. The van der Waals surface area contributed by atoms with E-state index in [1.807, 2.05) is 18.8 Å². The van der Waals surface area contributed by atoms with Gasteiger partial charge in [-0.1, -0.05) is 18.0 Å². The average Bonchev–Trinajstić information content (AvgIpc) is 2.41. The van der Waals surface area contributed by atoms with Gasteiger partial charge >= 0.3 is 0 Å². The van der Waals surface area contributed by atoms with Crippen molar-refractivity contribution >= 4 is 23.4 Å². The Labute approximate surface area is 117 Å². The summed E-state index contributed by atoms with van der Waals surface area (Å²) in [7, 11) is 1.96. The third kappa shape index (κ3) is 3.62. The molecular formula is C14H19ClFNS. The molecule has 4 heteroatoms. The Morgan fingerprint density at radius 2 is 2.33 bits per heavy atom. The molecule has 1 fully saturated rings. The Balaban J connectivity index is 2.06. The molecule has 1 aliphatic rings. The molecule has 0 aliphatic carbocycles. The third-order valence-electron chi connectivity index (χ3n) is 3.48. The van der Waals surface area contributed by atoms with Crippen LogP contribution in [0.1, 0.15) is 24.8 Å². The minimum absolute atomic E-state index is 0.152. The van der Waals surface area contributed by atoms with Crippen molar-refractivity contribution in [3.05, 3.63) is 34.6 Å². The Morgan fingerprint density at radius 3 is 3.00 bits per heavy atom. The first-order chi connectivity index (χ1) is 8.70. The molecule has 1 N–H and O–H groups in total. The maximum atomic E-state index is 13.7. The number of benzene rings is 1. The summed E-state index contributed by atoms with van der Waals surface area (Å²) >= 11 is 7.94. The number of thioether (sulfide) groups is 1. The van der Waals surface area contributed by atoms with E-state index in [0.29, 0.717) is 28.3 Å². The lowest BCUT2D eigenvalue weighted by Crippen LogP contribution is -2.39. The zero-order valence-corrected chi connectivity index (χ0v) is 12.2. The first-order valence-electron chi connectivity index (χ1n) is 6.43. The summed E-state index contributed by atoms with van der Waals surface area (Å²) < 4.78 is 13.7. The average molecular weight is 288 g/mol. The summed E-state index contributed by atoms with van der Waals surface area (Å²) in [5.74, 6) is 1.07. The molecule has 2 rings (SSSR count). The lowest BCUT2D eigenvalue weighted by atomic mass is 9.99. The van der Waals surface area contributed by atoms with Crippen molar-refractivity contribution in [2.75, 3.05) is 12.8 Å². The highest BCUT2D eigenvalue weighted by Crippen LogP contribution is 2.29. The minimum atomic E-state index is -0.152. The van der Waals surface area contributed by atoms with Crippen molar-refractivity contribution in [3.63, 3.8) is 0 Å². The summed E-state index contributed by atoms with van der Waals surface area (Å²) in [4.78, 5) is 0. The van der Waals surface area contributed by atoms with Crippen LogP contribution in [-0.2, 0) is 6.42 Å². The van der Waals surface area contributed by atoms with Crippen molar-refractivity contribution in [3.8, 4) is 0 Å². The smallest absolute Gasteiger partial charge is 0.126 e. The second-order valence-corrected chi connectivity index (χ2v) is 6.52. The van der Waals surface area contributed by atoms with Gasteiger partial charge in [-0.15, -0.1) is 0 Å². The van der Waals surface area contributed by atoms with Crippen molar-refractivity contribution in [1.82, 2.24) is 5.32 Å². The van der Waals surface area contributed by atoms with E-state index in [9.17, 15) is 4.39 Å². The largest absolute Gasteiger partial charge is 0.316 e. The Bertz CT molecular complexity index is 393. The highest BCUT2D eigenvalue weighted by molar-refractivity contribution is 8.00. The molecule has 1 aromatic carbocycles. The van der Waals surface area contributed by atoms with Gasteiger partial charge < -0.3 is 5.32 Å². The van der Waals surface area contributed by atoms with E-state index >= 15 is 0 Å². The molecule has 1 saturated heterocycles. The normalized spacial score (nSPS) is 21.8. The van der Waals surface area contributed by atoms with Crippen molar-refractivity contribution in [2.45, 2.75) is 37.0 Å². The number of halogens is 2. The van der Waals surface area contributed by atoms with Crippen LogP contribution in [-0.4, -0.2) is 24.1 Å². The second kappa shape index (κ2) is 6.78. The maximum Gasteiger partial charge on any atom is 0.126 e. The van der Waals surface area contributed by atoms with Gasteiger partial charge in [-0.3, -0.25) is 0 Å². The standard InChI is InChI=1S/C14H19ClFNS/c1-17-13(14-4-2-3-7-18-14)9-10-8-11(15)5-6-12(10)16/h5-6,8,13-14,17H,2-4,7,9H2,1H3. The molecule has 0 amide bonds. The molecule has 0 spiro atoms. The molecule has 100 valence electrons. The first-order valence-corrected chi connectivity index (χ1v) is 7.86. The summed E-state index contributed by atoms with van der Waals surface area (Å²) in [6.45, 7) is 0. The zero-order valence-electron chi connectivity index (χ0n) is 10.6. The molecule has 0 bridgehead atoms. The lowest BCUT2D eigenvalue weighted by Gasteiger charge is -2.29. The number of hydrogen-bond acceptors (Lipinski definition) is 2. The molecule has 2 unspecified atom stereocenters. The van der Waals surface area contributed by atoms with Gasteiger partial charge in [0.25, 0.3) is 0 Å². The van der Waals surface area contributed by atoms with Crippen LogP contribution in [0.3, 0.4) is 0 Å². The minimum Gasteiger partial charge on any atom is -0.316 e. The van der Waals surface area contributed by atoms with Crippen LogP contribution in [0.5, 0.6) is 0 Å². The van der Waals surface area contributed by atoms with E-state index in [-0.39, 0.29) is 5.82 Å². The monoisotopic (exact) mass is 287 g/mol. The number of nitrogens with one attached hydrogen (secondary N) is 1. The van der Waals surface area contributed by atoms with Gasteiger partial charge in [-0.2, -0.15) is 11.8 Å². The molecule has 0 saturated carbocycles. The van der Waals surface area contributed by atoms with E-state index in [1.54, 1.807) is 12.1 Å². The maximum absolute atomic E-state index is 13.7. The van der Waals surface area contributed by atoms with Gasteiger partial charge in [0.1, 0.15) is 5.82 Å². The molecule has 2 atom stereocenters. The summed E-state index contributed by atoms with van der Waals surface area (Å²) in [5, 5.41) is 4.53. The number of likely N-dealkylation sites (N-methyl/N-ethyl adjacent to an activating group) is 1. The highest BCUT2D eigenvalue weighted by Gasteiger charge is 2.24. The van der Waals surface area contributed by atoms with Gasteiger partial charge in [0.15, 0.2) is 0 Å². The predicted molar refractivity (Wildman–Crippen MR) is 78.1 cm³/mol. The highest BCUT2D eigenvalue weighted by atomic mass is 35.5. The molecule has 0 aromatic heterocycles. The van der Waals surface area contributed by atoms with Gasteiger partial charge in [-0.25, -0.2) is 4.39 Å². The zero-order chi connectivity index (χ0) is 13.0. The van der Waals surface area contributed by atoms with Crippen LogP contribution in [0.4, 0.5) is 4.39 Å². The van der Waals surface area contributed by atoms with Crippen LogP contribution in [0.25, 0.3) is 0 Å². The molecular weight excluding hydrogens is 269 g/mol. The topological polar surface area (TPSA) is 12.0 Å². The third-order valence-corrected chi connectivity index (χ3v) is 5.23. The summed E-state index contributed by atoms with van der Waals surface area (Å²) in [5.41, 5.74) is 0.716. The Kier molecular flexibility index (Phi) is 5.34. The van der Waals surface area contributed by atoms with Gasteiger partial charge in [-0.05, 0) is 55.8 Å². The molecule has 1 aliphatic heterocycles. The Morgan fingerprint density at radius 1 is 1.50 bits per heavy atom. The molecule has 1 heterocycles. The molecule has 1 nitrogen and oxygen atoms in total. The fraction of sp³-hybridized carbons (Fsp3) is 0.571. The van der Waals surface area contributed by atoms with Gasteiger partial charge in [0.05, 0.1) is 0 Å². The number of rotatable bonds is 4. The summed E-state index contributed by atoms with van der Waals surface area (Å²) in [6.07, 6.45) is 4.52. The first kappa shape index (κ1) is 14.2. The quantitative estimate of drug-likeness (QED) is 0.901. The molecule has 1 aromatic rings. The van der Waals surface area contributed by atoms with Crippen LogP contribution >= 0.6 is 23.4 Å². The van der Waals surface area contributed by atoms with Gasteiger partial charge in [0.2, 0.25) is 0 Å². The van der Waals surface area contributed by atoms with Gasteiger partial charge in [0, 0.05) is 16.3 Å². The van der Waals surface area contributed by atoms with Crippen molar-refractivity contribution in [1.29, 1.82) is 0 Å². The lowest BCUT2D eigenvalue weighted by molar-refractivity contribution is 0.484. The number of hydrogen-bond donors (Lipinski definition) is 1. The van der Waals surface area contributed by atoms with E-state index in [4.69, 9.17) is 11.6 Å². The summed E-state index contributed by atoms with van der Waals surface area (Å²) in [6, 6.07) is 5.13. The second-order valence-electron chi connectivity index (χ2n) is 4.74. The van der Waals surface area contributed by atoms with E-state index < -0.39 is 0 Å². The fourth-order valence-electron chi connectivity index (χ4n) is 2.44. The van der Waals surface area contributed by atoms with E-state index in [1.165, 1.54) is 31.1 Å². The predicted octanol–water partition coefficient (Wildman–Crippen LogP) is 3.90. The van der Waals surface area contributed by atoms with Crippen molar-refractivity contribution in [2.24, 2.45) is 0 Å². The Hall–Kier alpha value is -0.250. The molecule has 18 heavy (non-hydrogen) atoms. The molecule has 0 radical (unpaired) electrons. The van der Waals surface area contributed by atoms with Crippen molar-refractivity contribution < 1.29 is 4.39 Å².